The van der Waals surface area contributed by atoms with Gasteiger partial charge in [0.1, 0.15) is 6.54 Å². The molecule has 2 fully saturated rings. The van der Waals surface area contributed by atoms with Crippen molar-refractivity contribution in [3.05, 3.63) is 30.5 Å². The van der Waals surface area contributed by atoms with Crippen LogP contribution in [-0.2, 0) is 16.1 Å². The second kappa shape index (κ2) is 6.53. The third-order valence-electron chi connectivity index (χ3n) is 5.35. The summed E-state index contributed by atoms with van der Waals surface area (Å²) in [5.41, 5.74) is 0.969. The lowest BCUT2D eigenvalue weighted by Gasteiger charge is -2.40. The zero-order valence-electron chi connectivity index (χ0n) is 13.7. The Hall–Kier alpha value is -1.92. The maximum absolute atomic E-state index is 12.9. The third kappa shape index (κ3) is 2.80. The molecule has 1 N–H and O–H groups in total. The van der Waals surface area contributed by atoms with Crippen LogP contribution in [-0.4, -0.2) is 57.6 Å². The van der Waals surface area contributed by atoms with Gasteiger partial charge in [-0.3, -0.25) is 9.48 Å². The normalized spacial score (nSPS) is 27.7. The Balaban J connectivity index is 1.53. The molecule has 2 aliphatic rings. The molecular formula is C18H23N3O3. The second-order valence-corrected chi connectivity index (χ2v) is 6.75. The second-order valence-electron chi connectivity index (χ2n) is 6.75. The first-order valence-electron chi connectivity index (χ1n) is 8.70. The molecule has 0 radical (unpaired) electrons. The molecule has 24 heavy (non-hydrogen) atoms. The number of carbonyl (C=O) groups excluding carboxylic acids is 1. The first-order valence-corrected chi connectivity index (χ1v) is 8.70. The number of amides is 1. The van der Waals surface area contributed by atoms with Gasteiger partial charge in [-0.15, -0.1) is 0 Å². The molecule has 6 nitrogen and oxygen atoms in total. The Kier molecular flexibility index (Phi) is 4.24. The lowest BCUT2D eigenvalue weighted by molar-refractivity contribution is -0.144. The molecule has 2 heterocycles. The Bertz CT molecular complexity index is 729. The summed E-state index contributed by atoms with van der Waals surface area (Å²) in [6.45, 7) is 1.90. The van der Waals surface area contributed by atoms with E-state index in [0.29, 0.717) is 19.8 Å². The average Bonchev–Trinajstić information content (AvgIpc) is 3.21. The Morgan fingerprint density at radius 3 is 3.04 bits per heavy atom. The van der Waals surface area contributed by atoms with Crippen molar-refractivity contribution in [1.82, 2.24) is 14.7 Å². The van der Waals surface area contributed by atoms with Crippen LogP contribution in [0.4, 0.5) is 0 Å². The molecule has 3 atom stereocenters. The number of fused-ring (bicyclic) bond motifs is 1. The van der Waals surface area contributed by atoms with E-state index in [1.54, 1.807) is 10.9 Å². The van der Waals surface area contributed by atoms with Crippen molar-refractivity contribution >= 4 is 16.8 Å². The molecule has 0 bridgehead atoms. The lowest BCUT2D eigenvalue weighted by atomic mass is 9.94. The molecule has 0 unspecified atom stereocenters. The van der Waals surface area contributed by atoms with Crippen LogP contribution < -0.4 is 0 Å². The fourth-order valence-electron chi connectivity index (χ4n) is 4.08. The number of aliphatic hydroxyl groups excluding tert-OH is 1. The standard InChI is InChI=1S/C18H23N3O3/c22-17-7-3-5-14(17)16-12-24-9-8-20(16)18(23)11-21-15-6-2-1-4-13(15)10-19-21/h1-2,4,6,10,14,16-17,22H,3,5,7-9,11-12H2/t14-,16-,17+/m1/s1. The first kappa shape index (κ1) is 15.6. The number of para-hydroxylation sites is 1. The predicted octanol–water partition coefficient (Wildman–Crippen LogP) is 1.42. The summed E-state index contributed by atoms with van der Waals surface area (Å²) in [6, 6.07) is 7.88. The number of nitrogens with zero attached hydrogens (tertiary/aromatic N) is 3. The minimum atomic E-state index is -0.322. The highest BCUT2D eigenvalue weighted by Gasteiger charge is 2.39. The van der Waals surface area contributed by atoms with Crippen LogP contribution in [0.3, 0.4) is 0 Å². The molecule has 1 saturated heterocycles. The van der Waals surface area contributed by atoms with Gasteiger partial charge >= 0.3 is 0 Å². The van der Waals surface area contributed by atoms with Crippen LogP contribution >= 0.6 is 0 Å². The van der Waals surface area contributed by atoms with Crippen molar-refractivity contribution < 1.29 is 14.6 Å². The van der Waals surface area contributed by atoms with Crippen LogP contribution in [0, 0.1) is 5.92 Å². The van der Waals surface area contributed by atoms with E-state index in [-0.39, 0.29) is 30.5 Å². The van der Waals surface area contributed by atoms with Gasteiger partial charge in [-0.2, -0.15) is 5.10 Å². The first-order chi connectivity index (χ1) is 11.7. The van der Waals surface area contributed by atoms with Crippen LogP contribution in [0.2, 0.25) is 0 Å². The van der Waals surface area contributed by atoms with Crippen molar-refractivity contribution in [3.63, 3.8) is 0 Å². The van der Waals surface area contributed by atoms with E-state index in [9.17, 15) is 9.90 Å². The minimum Gasteiger partial charge on any atom is -0.393 e. The summed E-state index contributed by atoms with van der Waals surface area (Å²) < 4.78 is 7.36. The van der Waals surface area contributed by atoms with E-state index in [0.717, 1.165) is 30.2 Å². The summed E-state index contributed by atoms with van der Waals surface area (Å²) in [7, 11) is 0. The molecule has 1 amide bonds. The number of benzene rings is 1. The van der Waals surface area contributed by atoms with Gasteiger partial charge in [0.2, 0.25) is 5.91 Å². The number of hydrogen-bond acceptors (Lipinski definition) is 4. The van der Waals surface area contributed by atoms with Gasteiger partial charge in [0.15, 0.2) is 0 Å². The summed E-state index contributed by atoms with van der Waals surface area (Å²) in [5.74, 6) is 0.180. The van der Waals surface area contributed by atoms with E-state index in [4.69, 9.17) is 4.74 Å². The number of ether oxygens (including phenoxy) is 1. The number of aromatic nitrogens is 2. The fourth-order valence-corrected chi connectivity index (χ4v) is 4.08. The molecule has 1 aliphatic heterocycles. The van der Waals surface area contributed by atoms with Gasteiger partial charge < -0.3 is 14.7 Å². The molecular weight excluding hydrogens is 306 g/mol. The van der Waals surface area contributed by atoms with Gasteiger partial charge in [-0.05, 0) is 18.9 Å². The van der Waals surface area contributed by atoms with Gasteiger partial charge in [0, 0.05) is 17.8 Å². The van der Waals surface area contributed by atoms with Crippen LogP contribution in [0.5, 0.6) is 0 Å². The fraction of sp³-hybridized carbons (Fsp3) is 0.556. The molecule has 1 aliphatic carbocycles. The molecule has 6 heteroatoms. The van der Waals surface area contributed by atoms with Crippen molar-refractivity contribution in [2.75, 3.05) is 19.8 Å². The number of aliphatic hydroxyl groups is 1. The smallest absolute Gasteiger partial charge is 0.244 e. The summed E-state index contributed by atoms with van der Waals surface area (Å²) in [4.78, 5) is 14.8. The molecule has 4 rings (SSSR count). The van der Waals surface area contributed by atoms with E-state index in [1.807, 2.05) is 29.2 Å². The van der Waals surface area contributed by atoms with E-state index < -0.39 is 0 Å². The van der Waals surface area contributed by atoms with E-state index in [1.165, 1.54) is 0 Å². The highest BCUT2D eigenvalue weighted by Crippen LogP contribution is 2.32. The molecule has 128 valence electrons. The van der Waals surface area contributed by atoms with Crippen molar-refractivity contribution in [3.8, 4) is 0 Å². The number of rotatable bonds is 3. The molecule has 1 aromatic carbocycles. The van der Waals surface area contributed by atoms with E-state index >= 15 is 0 Å². The maximum Gasteiger partial charge on any atom is 0.244 e. The quantitative estimate of drug-likeness (QED) is 0.925. The zero-order chi connectivity index (χ0) is 16.5. The lowest BCUT2D eigenvalue weighted by Crippen LogP contribution is -2.54. The summed E-state index contributed by atoms with van der Waals surface area (Å²) in [5, 5.41) is 15.6. The van der Waals surface area contributed by atoms with Gasteiger partial charge in [0.05, 0.1) is 37.1 Å². The molecule has 2 aromatic rings. The summed E-state index contributed by atoms with van der Waals surface area (Å²) >= 11 is 0. The van der Waals surface area contributed by atoms with Crippen LogP contribution in [0.15, 0.2) is 30.5 Å². The monoisotopic (exact) mass is 329 g/mol. The molecule has 1 aromatic heterocycles. The Morgan fingerprint density at radius 1 is 1.33 bits per heavy atom. The van der Waals surface area contributed by atoms with Crippen molar-refractivity contribution in [2.45, 2.75) is 38.0 Å². The highest BCUT2D eigenvalue weighted by molar-refractivity contribution is 5.82. The van der Waals surface area contributed by atoms with Gasteiger partial charge in [0.25, 0.3) is 0 Å². The van der Waals surface area contributed by atoms with E-state index in [2.05, 4.69) is 5.10 Å². The summed E-state index contributed by atoms with van der Waals surface area (Å²) in [6.07, 6.45) is 4.28. The minimum absolute atomic E-state index is 0.0226. The van der Waals surface area contributed by atoms with Crippen LogP contribution in [0.25, 0.3) is 10.9 Å². The largest absolute Gasteiger partial charge is 0.393 e. The van der Waals surface area contributed by atoms with Crippen molar-refractivity contribution in [1.29, 1.82) is 0 Å². The Morgan fingerprint density at radius 2 is 2.21 bits per heavy atom. The maximum atomic E-state index is 12.9. The number of morpholine rings is 1. The van der Waals surface area contributed by atoms with Gasteiger partial charge in [-0.1, -0.05) is 24.6 Å². The highest BCUT2D eigenvalue weighted by atomic mass is 16.5. The average molecular weight is 329 g/mol. The SMILES string of the molecule is O=C(Cn1ncc2ccccc21)N1CCOC[C@@H]1[C@H]1CCC[C@@H]1O. The topological polar surface area (TPSA) is 67.6 Å². The van der Waals surface area contributed by atoms with Gasteiger partial charge in [-0.25, -0.2) is 0 Å². The third-order valence-corrected chi connectivity index (χ3v) is 5.35. The molecule has 1 saturated carbocycles. The zero-order valence-corrected chi connectivity index (χ0v) is 13.7. The predicted molar refractivity (Wildman–Crippen MR) is 89.4 cm³/mol. The molecule has 0 spiro atoms. The Labute approximate surface area is 141 Å². The number of carbonyl (C=O) groups is 1. The van der Waals surface area contributed by atoms with Crippen LogP contribution in [0.1, 0.15) is 19.3 Å². The number of hydrogen-bond donors (Lipinski definition) is 1. The van der Waals surface area contributed by atoms with Crippen molar-refractivity contribution in [2.24, 2.45) is 5.92 Å².